The zero-order valence-electron chi connectivity index (χ0n) is 9.52. The zero-order chi connectivity index (χ0) is 13.0. The van der Waals surface area contributed by atoms with Crippen LogP contribution in [0, 0.1) is 11.3 Å². The number of hydrogen-bond donors (Lipinski definition) is 2. The van der Waals surface area contributed by atoms with Gasteiger partial charge in [0.05, 0.1) is 22.3 Å². The molecule has 0 aliphatic heterocycles. The van der Waals surface area contributed by atoms with Gasteiger partial charge in [-0.25, -0.2) is 0 Å². The molecule has 3 nitrogen and oxygen atoms in total. The Labute approximate surface area is 110 Å². The Hall–Kier alpha value is -2.18. The van der Waals surface area contributed by atoms with Crippen molar-refractivity contribution in [1.82, 2.24) is 0 Å². The Balaban J connectivity index is 2.12. The molecule has 90 valence electrons. The summed E-state index contributed by atoms with van der Waals surface area (Å²) in [6.07, 6.45) is 0. The van der Waals surface area contributed by atoms with Crippen LogP contribution < -0.4 is 5.32 Å². The van der Waals surface area contributed by atoms with E-state index in [9.17, 15) is 5.11 Å². The smallest absolute Gasteiger partial charge is 0.120 e. The third kappa shape index (κ3) is 2.73. The van der Waals surface area contributed by atoms with Crippen molar-refractivity contribution in [3.05, 3.63) is 58.6 Å². The van der Waals surface area contributed by atoms with Crippen LogP contribution in [0.2, 0.25) is 5.02 Å². The zero-order valence-corrected chi connectivity index (χ0v) is 10.3. The van der Waals surface area contributed by atoms with Gasteiger partial charge >= 0.3 is 0 Å². The Bertz CT molecular complexity index is 605. The van der Waals surface area contributed by atoms with Crippen LogP contribution in [0.4, 0.5) is 5.69 Å². The van der Waals surface area contributed by atoms with E-state index in [1.807, 2.05) is 18.2 Å². The summed E-state index contributed by atoms with van der Waals surface area (Å²) in [5.74, 6) is 0.245. The quantitative estimate of drug-likeness (QED) is 0.886. The number of phenolic OH excluding ortho intramolecular Hbond substituents is 1. The average molecular weight is 259 g/mol. The summed E-state index contributed by atoms with van der Waals surface area (Å²) in [6.45, 7) is 0.471. The molecule has 0 unspecified atom stereocenters. The van der Waals surface area contributed by atoms with Gasteiger partial charge in [0.2, 0.25) is 0 Å². The molecule has 0 aromatic heterocycles. The molecule has 0 atom stereocenters. The van der Waals surface area contributed by atoms with Crippen molar-refractivity contribution in [2.75, 3.05) is 5.32 Å². The third-order valence-electron chi connectivity index (χ3n) is 2.56. The first-order chi connectivity index (χ1) is 8.70. The number of nitriles is 1. The summed E-state index contributed by atoms with van der Waals surface area (Å²) >= 11 is 6.04. The molecule has 0 aliphatic rings. The lowest BCUT2D eigenvalue weighted by atomic mass is 10.2. The molecule has 0 aliphatic carbocycles. The highest BCUT2D eigenvalue weighted by Gasteiger charge is 2.03. The maximum atomic E-state index is 9.62. The van der Waals surface area contributed by atoms with E-state index in [1.165, 1.54) is 0 Å². The maximum Gasteiger partial charge on any atom is 0.120 e. The molecule has 4 heteroatoms. The lowest BCUT2D eigenvalue weighted by molar-refractivity contribution is 0.469. The summed E-state index contributed by atoms with van der Waals surface area (Å²) in [7, 11) is 0. The summed E-state index contributed by atoms with van der Waals surface area (Å²) in [4.78, 5) is 0. The molecule has 0 spiro atoms. The van der Waals surface area contributed by atoms with E-state index in [-0.39, 0.29) is 5.75 Å². The van der Waals surface area contributed by atoms with Crippen LogP contribution in [-0.4, -0.2) is 5.11 Å². The van der Waals surface area contributed by atoms with Gasteiger partial charge < -0.3 is 10.4 Å². The van der Waals surface area contributed by atoms with Gasteiger partial charge in [-0.3, -0.25) is 0 Å². The number of aromatic hydroxyl groups is 1. The third-order valence-corrected chi connectivity index (χ3v) is 2.87. The normalized spacial score (nSPS) is 9.78. The summed E-state index contributed by atoms with van der Waals surface area (Å²) < 4.78 is 0. The number of nitrogens with zero attached hydrogens (tertiary/aromatic N) is 1. The molecular weight excluding hydrogens is 248 g/mol. The number of phenols is 1. The van der Waals surface area contributed by atoms with Gasteiger partial charge in [-0.2, -0.15) is 5.26 Å². The number of anilines is 1. The largest absolute Gasteiger partial charge is 0.508 e. The highest BCUT2D eigenvalue weighted by Crippen LogP contribution is 2.24. The minimum atomic E-state index is 0.245. The van der Waals surface area contributed by atoms with Gasteiger partial charge in [-0.05, 0) is 24.3 Å². The van der Waals surface area contributed by atoms with E-state index in [2.05, 4.69) is 5.32 Å². The molecule has 0 radical (unpaired) electrons. The van der Waals surface area contributed by atoms with Crippen LogP contribution in [0.3, 0.4) is 0 Å². The van der Waals surface area contributed by atoms with E-state index in [4.69, 9.17) is 16.9 Å². The van der Waals surface area contributed by atoms with E-state index in [0.29, 0.717) is 17.1 Å². The second kappa shape index (κ2) is 5.44. The molecule has 2 N–H and O–H groups in total. The predicted octanol–water partition coefficient (Wildman–Crippen LogP) is 3.53. The molecule has 2 aromatic rings. The first-order valence-corrected chi connectivity index (χ1v) is 5.79. The Morgan fingerprint density at radius 1 is 1.22 bits per heavy atom. The van der Waals surface area contributed by atoms with Gasteiger partial charge in [0.1, 0.15) is 5.75 Å². The van der Waals surface area contributed by atoms with E-state index in [0.717, 1.165) is 11.3 Å². The highest BCUT2D eigenvalue weighted by atomic mass is 35.5. The fourth-order valence-corrected chi connectivity index (χ4v) is 1.83. The lowest BCUT2D eigenvalue weighted by Gasteiger charge is -2.09. The monoisotopic (exact) mass is 258 g/mol. The Morgan fingerprint density at radius 2 is 2.00 bits per heavy atom. The Morgan fingerprint density at radius 3 is 2.67 bits per heavy atom. The number of halogens is 1. The fourth-order valence-electron chi connectivity index (χ4n) is 1.58. The van der Waals surface area contributed by atoms with E-state index < -0.39 is 0 Å². The van der Waals surface area contributed by atoms with Crippen molar-refractivity contribution in [2.24, 2.45) is 0 Å². The van der Waals surface area contributed by atoms with Crippen molar-refractivity contribution < 1.29 is 5.11 Å². The van der Waals surface area contributed by atoms with Crippen molar-refractivity contribution in [1.29, 1.82) is 5.26 Å². The number of rotatable bonds is 3. The van der Waals surface area contributed by atoms with Gasteiger partial charge in [0.15, 0.2) is 0 Å². The van der Waals surface area contributed by atoms with Crippen LogP contribution in [0.1, 0.15) is 11.1 Å². The second-order valence-corrected chi connectivity index (χ2v) is 4.20. The van der Waals surface area contributed by atoms with E-state index in [1.54, 1.807) is 30.3 Å². The molecule has 0 fully saturated rings. The summed E-state index contributed by atoms with van der Waals surface area (Å²) in [6, 6.07) is 14.2. The molecule has 0 saturated heterocycles. The van der Waals surface area contributed by atoms with Crippen LogP contribution >= 0.6 is 11.6 Å². The molecule has 0 heterocycles. The maximum absolute atomic E-state index is 9.62. The van der Waals surface area contributed by atoms with Crippen molar-refractivity contribution in [3.63, 3.8) is 0 Å². The fraction of sp³-hybridized carbons (Fsp3) is 0.0714. The second-order valence-electron chi connectivity index (χ2n) is 3.79. The van der Waals surface area contributed by atoms with Crippen molar-refractivity contribution in [3.8, 4) is 11.8 Å². The SMILES string of the molecule is N#Cc1ccc(NCc2ccccc2O)c(Cl)c1. The van der Waals surface area contributed by atoms with Gasteiger partial charge in [0.25, 0.3) is 0 Å². The van der Waals surface area contributed by atoms with Crippen LogP contribution in [0.15, 0.2) is 42.5 Å². The first kappa shape index (κ1) is 12.3. The minimum absolute atomic E-state index is 0.245. The lowest BCUT2D eigenvalue weighted by Crippen LogP contribution is -2.00. The van der Waals surface area contributed by atoms with Crippen LogP contribution in [0.5, 0.6) is 5.75 Å². The summed E-state index contributed by atoms with van der Waals surface area (Å²) in [5, 5.41) is 22.0. The number of nitrogens with one attached hydrogen (secondary N) is 1. The molecule has 0 bridgehead atoms. The standard InChI is InChI=1S/C14H11ClN2O/c15-12-7-10(8-16)5-6-13(12)17-9-11-3-1-2-4-14(11)18/h1-7,17-18H,9H2. The highest BCUT2D eigenvalue weighted by molar-refractivity contribution is 6.33. The van der Waals surface area contributed by atoms with Gasteiger partial charge in [-0.15, -0.1) is 0 Å². The van der Waals surface area contributed by atoms with Crippen molar-refractivity contribution >= 4 is 17.3 Å². The number of benzene rings is 2. The van der Waals surface area contributed by atoms with Crippen LogP contribution in [0.25, 0.3) is 0 Å². The minimum Gasteiger partial charge on any atom is -0.508 e. The van der Waals surface area contributed by atoms with Gasteiger partial charge in [0, 0.05) is 12.1 Å². The van der Waals surface area contributed by atoms with Crippen molar-refractivity contribution in [2.45, 2.75) is 6.54 Å². The van der Waals surface area contributed by atoms with Gasteiger partial charge in [-0.1, -0.05) is 29.8 Å². The molecule has 2 aromatic carbocycles. The number of hydrogen-bond acceptors (Lipinski definition) is 3. The summed E-state index contributed by atoms with van der Waals surface area (Å²) in [5.41, 5.74) is 2.05. The topological polar surface area (TPSA) is 56.0 Å². The molecule has 0 saturated carbocycles. The molecule has 0 amide bonds. The van der Waals surface area contributed by atoms with E-state index >= 15 is 0 Å². The predicted molar refractivity (Wildman–Crippen MR) is 71.6 cm³/mol. The first-order valence-electron chi connectivity index (χ1n) is 5.41. The molecular formula is C14H11ClN2O. The molecule has 2 rings (SSSR count). The number of para-hydroxylation sites is 1. The molecule has 18 heavy (non-hydrogen) atoms. The van der Waals surface area contributed by atoms with Crippen LogP contribution in [-0.2, 0) is 6.54 Å². The average Bonchev–Trinajstić information content (AvgIpc) is 2.39. The Kier molecular flexibility index (Phi) is 3.71.